The monoisotopic (exact) mass is 220 g/mol. The third-order valence-electron chi connectivity index (χ3n) is 2.77. The summed E-state index contributed by atoms with van der Waals surface area (Å²) >= 11 is 0. The zero-order valence-electron chi connectivity index (χ0n) is 7.81. The largest absolute Gasteiger partial charge is 0.389 e. The third kappa shape index (κ3) is 0.955. The molecular weight excluding hydrogens is 216 g/mol. The van der Waals surface area contributed by atoms with Crippen molar-refractivity contribution >= 4 is 23.9 Å². The molecule has 1 unspecified atom stereocenters. The minimum atomic E-state index is -0.780. The number of fused-ring (bicyclic) bond motifs is 1. The highest BCUT2D eigenvalue weighted by molar-refractivity contribution is 6.18. The van der Waals surface area contributed by atoms with Crippen LogP contribution in [0.15, 0.2) is 22.8 Å². The number of carbonyl (C=O) groups excluding carboxylic acids is 4. The molecule has 3 aliphatic rings. The van der Waals surface area contributed by atoms with Crippen molar-refractivity contribution in [1.29, 1.82) is 0 Å². The molecule has 0 spiro atoms. The lowest BCUT2D eigenvalue weighted by Crippen LogP contribution is -2.16. The van der Waals surface area contributed by atoms with Crippen LogP contribution in [-0.2, 0) is 28.7 Å². The third-order valence-corrected chi connectivity index (χ3v) is 2.77. The Balaban J connectivity index is 2.13. The Morgan fingerprint density at radius 1 is 1.00 bits per heavy atom. The average Bonchev–Trinajstić information content (AvgIpc) is 2.67. The van der Waals surface area contributed by atoms with Crippen molar-refractivity contribution in [2.75, 3.05) is 0 Å². The second-order valence-corrected chi connectivity index (χ2v) is 3.63. The predicted octanol–water partition coefficient (Wildman–Crippen LogP) is -0.604. The maximum absolute atomic E-state index is 11.3. The van der Waals surface area contributed by atoms with E-state index in [1.807, 2.05) is 0 Å². The van der Waals surface area contributed by atoms with Gasteiger partial charge in [0.05, 0.1) is 22.6 Å². The van der Waals surface area contributed by atoms with Gasteiger partial charge >= 0.3 is 23.9 Å². The van der Waals surface area contributed by atoms with Gasteiger partial charge in [0, 0.05) is 0 Å². The molecule has 0 N–H and O–H groups in total. The molecule has 0 amide bonds. The van der Waals surface area contributed by atoms with E-state index in [4.69, 9.17) is 0 Å². The summed E-state index contributed by atoms with van der Waals surface area (Å²) in [6.07, 6.45) is 1.21. The highest BCUT2D eigenvalue weighted by Crippen LogP contribution is 2.38. The molecule has 0 saturated carbocycles. The van der Waals surface area contributed by atoms with Crippen molar-refractivity contribution in [3.8, 4) is 0 Å². The molecule has 1 fully saturated rings. The molecule has 3 rings (SSSR count). The van der Waals surface area contributed by atoms with Crippen LogP contribution >= 0.6 is 0 Å². The first-order chi connectivity index (χ1) is 7.58. The van der Waals surface area contributed by atoms with Crippen LogP contribution in [-0.4, -0.2) is 23.9 Å². The second-order valence-electron chi connectivity index (χ2n) is 3.63. The summed E-state index contributed by atoms with van der Waals surface area (Å²) in [5.41, 5.74) is 0.323. The number of carbonyl (C=O) groups is 4. The van der Waals surface area contributed by atoms with Gasteiger partial charge in [-0.3, -0.25) is 4.79 Å². The van der Waals surface area contributed by atoms with Gasteiger partial charge in [0.25, 0.3) is 0 Å². The molecule has 1 saturated heterocycles. The topological polar surface area (TPSA) is 86.7 Å². The van der Waals surface area contributed by atoms with Crippen LogP contribution in [0.5, 0.6) is 0 Å². The minimum absolute atomic E-state index is 0.00366. The molecule has 6 nitrogen and oxygen atoms in total. The fraction of sp³-hybridized carbons (Fsp3) is 0.200. The van der Waals surface area contributed by atoms with Gasteiger partial charge in [-0.2, -0.15) is 0 Å². The molecule has 0 bridgehead atoms. The Labute approximate surface area is 88.5 Å². The van der Waals surface area contributed by atoms with E-state index in [2.05, 4.69) is 9.47 Å². The summed E-state index contributed by atoms with van der Waals surface area (Å²) in [4.78, 5) is 44.9. The number of rotatable bonds is 0. The zero-order chi connectivity index (χ0) is 11.4. The van der Waals surface area contributed by atoms with E-state index in [9.17, 15) is 19.2 Å². The first-order valence-corrected chi connectivity index (χ1v) is 4.55. The van der Waals surface area contributed by atoms with E-state index < -0.39 is 29.8 Å². The first kappa shape index (κ1) is 9.02. The van der Waals surface area contributed by atoms with Gasteiger partial charge in [0.2, 0.25) is 0 Å². The number of hydrogen-bond acceptors (Lipinski definition) is 6. The van der Waals surface area contributed by atoms with E-state index in [1.165, 1.54) is 6.08 Å². The van der Waals surface area contributed by atoms with Gasteiger partial charge in [-0.05, 0) is 12.5 Å². The predicted molar refractivity (Wildman–Crippen MR) is 45.4 cm³/mol. The zero-order valence-corrected chi connectivity index (χ0v) is 7.81. The summed E-state index contributed by atoms with van der Waals surface area (Å²) in [5.74, 6) is -3.74. The van der Waals surface area contributed by atoms with E-state index >= 15 is 0 Å². The lowest BCUT2D eigenvalue weighted by molar-refractivity contribution is -0.152. The minimum Gasteiger partial charge on any atom is -0.389 e. The Bertz CT molecular complexity index is 536. The molecule has 80 valence electrons. The van der Waals surface area contributed by atoms with Gasteiger partial charge in [-0.25, -0.2) is 14.4 Å². The molecule has 1 aliphatic carbocycles. The van der Waals surface area contributed by atoms with Crippen molar-refractivity contribution in [2.24, 2.45) is 5.92 Å². The first-order valence-electron chi connectivity index (χ1n) is 4.55. The number of esters is 4. The van der Waals surface area contributed by atoms with Crippen molar-refractivity contribution < 1.29 is 28.7 Å². The standard InChI is InChI=1S/C10H4O6/c11-7-3-1-4-6(10(14)16-8(4)12)2-5(3)9(13)15-7/h1,5H,2H2. The molecule has 0 aromatic rings. The highest BCUT2D eigenvalue weighted by atomic mass is 16.6. The number of ether oxygens (including phenoxy) is 2. The highest BCUT2D eigenvalue weighted by Gasteiger charge is 2.47. The Morgan fingerprint density at radius 3 is 2.50 bits per heavy atom. The summed E-state index contributed by atoms with van der Waals surface area (Å²) < 4.78 is 8.79. The molecule has 2 aliphatic heterocycles. The van der Waals surface area contributed by atoms with E-state index in [0.29, 0.717) is 0 Å². The molecule has 16 heavy (non-hydrogen) atoms. The van der Waals surface area contributed by atoms with Gasteiger partial charge in [0.1, 0.15) is 0 Å². The smallest absolute Gasteiger partial charge is 0.346 e. The van der Waals surface area contributed by atoms with Gasteiger partial charge in [0.15, 0.2) is 0 Å². The normalized spacial score (nSPS) is 27.5. The quantitative estimate of drug-likeness (QED) is 0.400. The van der Waals surface area contributed by atoms with Crippen LogP contribution in [0.1, 0.15) is 6.42 Å². The van der Waals surface area contributed by atoms with E-state index in [0.717, 1.165) is 0 Å². The van der Waals surface area contributed by atoms with Crippen molar-refractivity contribution in [1.82, 2.24) is 0 Å². The van der Waals surface area contributed by atoms with Gasteiger partial charge in [-0.15, -0.1) is 0 Å². The Hall–Kier alpha value is -2.24. The van der Waals surface area contributed by atoms with Crippen LogP contribution in [0.4, 0.5) is 0 Å². The Morgan fingerprint density at radius 2 is 1.75 bits per heavy atom. The molecule has 1 atom stereocenters. The van der Waals surface area contributed by atoms with Crippen LogP contribution in [0.3, 0.4) is 0 Å². The van der Waals surface area contributed by atoms with Crippen molar-refractivity contribution in [3.05, 3.63) is 22.8 Å². The average molecular weight is 220 g/mol. The molecule has 6 heteroatoms. The summed E-state index contributed by atoms with van der Waals surface area (Å²) in [7, 11) is 0. The molecule has 0 aromatic carbocycles. The Kier molecular flexibility index (Phi) is 1.50. The lowest BCUT2D eigenvalue weighted by Gasteiger charge is -2.10. The molecule has 0 radical (unpaired) electrons. The maximum Gasteiger partial charge on any atom is 0.346 e. The SMILES string of the molecule is O=C1OC(=O)C2CC3=C(C=C12)C(=O)OC3=O. The fourth-order valence-corrected chi connectivity index (χ4v) is 1.98. The van der Waals surface area contributed by atoms with Gasteiger partial charge in [-0.1, -0.05) is 0 Å². The van der Waals surface area contributed by atoms with E-state index in [1.54, 1.807) is 0 Å². The van der Waals surface area contributed by atoms with Crippen LogP contribution in [0.25, 0.3) is 0 Å². The van der Waals surface area contributed by atoms with Gasteiger partial charge < -0.3 is 9.47 Å². The summed E-state index contributed by atoms with van der Waals surface area (Å²) in [5, 5.41) is 0. The van der Waals surface area contributed by atoms with Crippen molar-refractivity contribution in [3.63, 3.8) is 0 Å². The number of hydrogen-bond donors (Lipinski definition) is 0. The molecule has 0 aromatic heterocycles. The molecule has 2 heterocycles. The van der Waals surface area contributed by atoms with Crippen LogP contribution < -0.4 is 0 Å². The second kappa shape index (κ2) is 2.66. The van der Waals surface area contributed by atoms with E-state index in [-0.39, 0.29) is 23.1 Å². The molecular formula is C10H4O6. The fourth-order valence-electron chi connectivity index (χ4n) is 1.98. The number of cyclic esters (lactones) is 4. The lowest BCUT2D eigenvalue weighted by atomic mass is 9.85. The summed E-state index contributed by atoms with van der Waals surface area (Å²) in [6.45, 7) is 0. The van der Waals surface area contributed by atoms with Crippen LogP contribution in [0.2, 0.25) is 0 Å². The van der Waals surface area contributed by atoms with Crippen LogP contribution in [0, 0.1) is 5.92 Å². The maximum atomic E-state index is 11.3. The summed E-state index contributed by atoms with van der Waals surface area (Å²) in [6, 6.07) is 0. The van der Waals surface area contributed by atoms with Crippen molar-refractivity contribution in [2.45, 2.75) is 6.42 Å².